The Balaban J connectivity index is 3.03. The van der Waals surface area contributed by atoms with Crippen LogP contribution in [-0.2, 0) is 6.54 Å². The van der Waals surface area contributed by atoms with E-state index in [-0.39, 0.29) is 11.9 Å². The summed E-state index contributed by atoms with van der Waals surface area (Å²) in [5.41, 5.74) is 7.08. The largest absolute Gasteiger partial charge is 0.397 e. The third kappa shape index (κ3) is 3.15. The van der Waals surface area contributed by atoms with Gasteiger partial charge in [-0.2, -0.15) is 0 Å². The topological polar surface area (TPSA) is 51.3 Å². The minimum Gasteiger partial charge on any atom is -0.397 e. The molecule has 4 heteroatoms. The number of hydrogen-bond acceptors (Lipinski definition) is 2. The number of aromatic nitrogens is 1. The maximum absolute atomic E-state index is 12.5. The Kier molecular flexibility index (Phi) is 5.01. The summed E-state index contributed by atoms with van der Waals surface area (Å²) in [5.74, 6) is 0.00931. The zero-order chi connectivity index (χ0) is 13.7. The molecule has 4 nitrogen and oxygen atoms in total. The van der Waals surface area contributed by atoms with Crippen molar-refractivity contribution < 1.29 is 4.79 Å². The van der Waals surface area contributed by atoms with Crippen molar-refractivity contribution in [2.45, 2.75) is 39.8 Å². The van der Waals surface area contributed by atoms with E-state index in [2.05, 4.69) is 13.5 Å². The molecule has 0 fully saturated rings. The second-order valence-corrected chi connectivity index (χ2v) is 4.69. The molecule has 0 aliphatic rings. The molecule has 1 aromatic heterocycles. The summed E-state index contributed by atoms with van der Waals surface area (Å²) in [6.07, 6.45) is 4.54. The molecule has 0 spiro atoms. The van der Waals surface area contributed by atoms with Gasteiger partial charge < -0.3 is 15.2 Å². The van der Waals surface area contributed by atoms with E-state index in [1.54, 1.807) is 17.0 Å². The lowest BCUT2D eigenvalue weighted by atomic mass is 10.2. The van der Waals surface area contributed by atoms with Crippen LogP contribution in [0.15, 0.2) is 24.9 Å². The Bertz CT molecular complexity index is 421. The number of amides is 1. The molecule has 18 heavy (non-hydrogen) atoms. The van der Waals surface area contributed by atoms with Gasteiger partial charge in [-0.1, -0.05) is 13.0 Å². The molecular formula is C14H23N3O. The first-order valence-corrected chi connectivity index (χ1v) is 6.38. The summed E-state index contributed by atoms with van der Waals surface area (Å²) in [6, 6.07) is 1.89. The molecule has 0 saturated carbocycles. The summed E-state index contributed by atoms with van der Waals surface area (Å²) in [6.45, 7) is 11.1. The molecule has 1 rings (SSSR count). The molecule has 100 valence electrons. The van der Waals surface area contributed by atoms with Crippen LogP contribution in [0, 0.1) is 0 Å². The Morgan fingerprint density at radius 2 is 2.28 bits per heavy atom. The van der Waals surface area contributed by atoms with Crippen LogP contribution in [-0.4, -0.2) is 28.0 Å². The smallest absolute Gasteiger partial charge is 0.271 e. The van der Waals surface area contributed by atoms with Crippen LogP contribution in [0.3, 0.4) is 0 Å². The van der Waals surface area contributed by atoms with Gasteiger partial charge in [0, 0.05) is 25.3 Å². The summed E-state index contributed by atoms with van der Waals surface area (Å²) in [4.78, 5) is 14.3. The Morgan fingerprint density at radius 1 is 1.61 bits per heavy atom. The van der Waals surface area contributed by atoms with E-state index in [1.165, 1.54) is 0 Å². The number of aryl methyl sites for hydroxylation is 1. The van der Waals surface area contributed by atoms with E-state index in [1.807, 2.05) is 24.6 Å². The van der Waals surface area contributed by atoms with E-state index >= 15 is 0 Å². The molecule has 2 N–H and O–H groups in total. The maximum atomic E-state index is 12.5. The number of carbonyl (C=O) groups is 1. The van der Waals surface area contributed by atoms with E-state index < -0.39 is 0 Å². The number of nitrogens with two attached hydrogens (primary N) is 1. The highest BCUT2D eigenvalue weighted by Crippen LogP contribution is 2.15. The van der Waals surface area contributed by atoms with Crippen LogP contribution in [0.25, 0.3) is 0 Å². The summed E-state index contributed by atoms with van der Waals surface area (Å²) < 4.78 is 1.93. The molecular weight excluding hydrogens is 226 g/mol. The second kappa shape index (κ2) is 6.28. The summed E-state index contributed by atoms with van der Waals surface area (Å²) in [5, 5.41) is 0. The number of nitrogens with zero attached hydrogens (tertiary/aromatic N) is 2. The van der Waals surface area contributed by atoms with Gasteiger partial charge in [-0.05, 0) is 26.3 Å². The standard InChI is InChI=1S/C14H23N3O/c1-5-7-16-10-12(15)9-13(16)14(18)17(8-6-2)11(3)4/h6,9-11H,2,5,7-8,15H2,1,3-4H3. The molecule has 0 bridgehead atoms. The van der Waals surface area contributed by atoms with Crippen molar-refractivity contribution >= 4 is 11.6 Å². The average Bonchev–Trinajstić information content (AvgIpc) is 2.66. The second-order valence-electron chi connectivity index (χ2n) is 4.69. The minimum atomic E-state index is 0.00931. The zero-order valence-corrected chi connectivity index (χ0v) is 11.5. The summed E-state index contributed by atoms with van der Waals surface area (Å²) in [7, 11) is 0. The van der Waals surface area contributed by atoms with Gasteiger partial charge in [0.2, 0.25) is 0 Å². The SMILES string of the molecule is C=CCN(C(=O)c1cc(N)cn1CCC)C(C)C. The molecule has 0 atom stereocenters. The monoisotopic (exact) mass is 249 g/mol. The van der Waals surface area contributed by atoms with Crippen molar-refractivity contribution in [1.82, 2.24) is 9.47 Å². The van der Waals surface area contributed by atoms with E-state index in [0.29, 0.717) is 17.9 Å². The van der Waals surface area contributed by atoms with Crippen LogP contribution < -0.4 is 5.73 Å². The van der Waals surface area contributed by atoms with Gasteiger partial charge in [-0.3, -0.25) is 4.79 Å². The highest BCUT2D eigenvalue weighted by Gasteiger charge is 2.21. The highest BCUT2D eigenvalue weighted by atomic mass is 16.2. The number of anilines is 1. The Labute approximate surface area is 109 Å². The molecule has 0 aromatic carbocycles. The van der Waals surface area contributed by atoms with Crippen molar-refractivity contribution in [3.63, 3.8) is 0 Å². The van der Waals surface area contributed by atoms with Crippen molar-refractivity contribution in [2.24, 2.45) is 0 Å². The van der Waals surface area contributed by atoms with Crippen molar-refractivity contribution in [3.05, 3.63) is 30.6 Å². The molecule has 0 unspecified atom stereocenters. The third-order valence-electron chi connectivity index (χ3n) is 2.81. The number of hydrogen-bond donors (Lipinski definition) is 1. The quantitative estimate of drug-likeness (QED) is 0.788. The maximum Gasteiger partial charge on any atom is 0.271 e. The lowest BCUT2D eigenvalue weighted by molar-refractivity contribution is 0.0717. The van der Waals surface area contributed by atoms with E-state index in [4.69, 9.17) is 5.73 Å². The molecule has 1 amide bonds. The summed E-state index contributed by atoms with van der Waals surface area (Å²) >= 11 is 0. The fourth-order valence-corrected chi connectivity index (χ4v) is 1.95. The van der Waals surface area contributed by atoms with E-state index in [0.717, 1.165) is 13.0 Å². The first-order chi connectivity index (χ1) is 8.51. The number of carbonyl (C=O) groups excluding carboxylic acids is 1. The molecule has 0 aliphatic heterocycles. The van der Waals surface area contributed by atoms with Gasteiger partial charge in [-0.15, -0.1) is 6.58 Å². The first-order valence-electron chi connectivity index (χ1n) is 6.38. The first kappa shape index (κ1) is 14.4. The van der Waals surface area contributed by atoms with Gasteiger partial charge in [-0.25, -0.2) is 0 Å². The minimum absolute atomic E-state index is 0.00931. The van der Waals surface area contributed by atoms with Gasteiger partial charge in [0.1, 0.15) is 5.69 Å². The predicted molar refractivity (Wildman–Crippen MR) is 75.5 cm³/mol. The predicted octanol–water partition coefficient (Wildman–Crippen LogP) is 2.52. The van der Waals surface area contributed by atoms with Crippen LogP contribution in [0.1, 0.15) is 37.7 Å². The van der Waals surface area contributed by atoms with Crippen LogP contribution in [0.4, 0.5) is 5.69 Å². The van der Waals surface area contributed by atoms with Crippen LogP contribution in [0.2, 0.25) is 0 Å². The van der Waals surface area contributed by atoms with Gasteiger partial charge in [0.15, 0.2) is 0 Å². The molecule has 0 saturated heterocycles. The van der Waals surface area contributed by atoms with E-state index in [9.17, 15) is 4.79 Å². The lowest BCUT2D eigenvalue weighted by Gasteiger charge is -2.25. The molecule has 1 heterocycles. The normalized spacial score (nSPS) is 10.7. The van der Waals surface area contributed by atoms with Gasteiger partial charge >= 0.3 is 0 Å². The Hall–Kier alpha value is -1.71. The van der Waals surface area contributed by atoms with Crippen molar-refractivity contribution in [2.75, 3.05) is 12.3 Å². The number of nitrogen functional groups attached to an aromatic ring is 1. The third-order valence-corrected chi connectivity index (χ3v) is 2.81. The molecule has 0 radical (unpaired) electrons. The van der Waals surface area contributed by atoms with Gasteiger partial charge in [0.05, 0.1) is 5.69 Å². The highest BCUT2D eigenvalue weighted by molar-refractivity contribution is 5.94. The fourth-order valence-electron chi connectivity index (χ4n) is 1.95. The number of rotatable bonds is 6. The zero-order valence-electron chi connectivity index (χ0n) is 11.5. The molecule has 0 aliphatic carbocycles. The van der Waals surface area contributed by atoms with Crippen LogP contribution >= 0.6 is 0 Å². The van der Waals surface area contributed by atoms with Crippen LogP contribution in [0.5, 0.6) is 0 Å². The average molecular weight is 249 g/mol. The van der Waals surface area contributed by atoms with Crippen molar-refractivity contribution in [3.8, 4) is 0 Å². The van der Waals surface area contributed by atoms with Gasteiger partial charge in [0.25, 0.3) is 5.91 Å². The van der Waals surface area contributed by atoms with Crippen molar-refractivity contribution in [1.29, 1.82) is 0 Å². The fraction of sp³-hybridized carbons (Fsp3) is 0.500. The lowest BCUT2D eigenvalue weighted by Crippen LogP contribution is -2.38. The Morgan fingerprint density at radius 3 is 2.78 bits per heavy atom. The molecule has 1 aromatic rings.